The third kappa shape index (κ3) is 4.68. The predicted octanol–water partition coefficient (Wildman–Crippen LogP) is 4.57. The molecular formula is C24H27ClN2O6. The molecule has 8 nitrogen and oxygen atoms in total. The van der Waals surface area contributed by atoms with Gasteiger partial charge in [0.2, 0.25) is 0 Å². The van der Waals surface area contributed by atoms with Crippen LogP contribution in [-0.4, -0.2) is 36.0 Å². The second kappa shape index (κ2) is 8.91. The van der Waals surface area contributed by atoms with E-state index in [-0.39, 0.29) is 40.2 Å². The molecule has 1 N–H and O–H groups in total. The zero-order valence-corrected chi connectivity index (χ0v) is 19.7. The van der Waals surface area contributed by atoms with Gasteiger partial charge in [0.1, 0.15) is 11.6 Å². The van der Waals surface area contributed by atoms with E-state index in [1.807, 2.05) is 13.8 Å². The van der Waals surface area contributed by atoms with Crippen LogP contribution in [0.15, 0.2) is 40.7 Å². The third-order valence-corrected chi connectivity index (χ3v) is 6.70. The van der Waals surface area contributed by atoms with Gasteiger partial charge >= 0.3 is 5.97 Å². The van der Waals surface area contributed by atoms with Gasteiger partial charge in [0, 0.05) is 42.0 Å². The van der Waals surface area contributed by atoms with Gasteiger partial charge in [0.15, 0.2) is 5.78 Å². The molecule has 0 spiro atoms. The summed E-state index contributed by atoms with van der Waals surface area (Å²) in [7, 11) is 0. The van der Waals surface area contributed by atoms with Crippen LogP contribution in [0.1, 0.15) is 57.9 Å². The van der Waals surface area contributed by atoms with Crippen molar-refractivity contribution in [1.82, 2.24) is 5.32 Å². The smallest absolute Gasteiger partial charge is 0.336 e. The van der Waals surface area contributed by atoms with Crippen LogP contribution in [-0.2, 0) is 19.1 Å². The minimum atomic E-state index is -0.780. The average Bonchev–Trinajstić information content (AvgIpc) is 3.24. The molecule has 1 saturated heterocycles. The van der Waals surface area contributed by atoms with Crippen molar-refractivity contribution in [3.63, 3.8) is 0 Å². The lowest BCUT2D eigenvalue weighted by Gasteiger charge is -2.39. The first-order valence-electron chi connectivity index (χ1n) is 11.0. The highest BCUT2D eigenvalue weighted by atomic mass is 35.5. The lowest BCUT2D eigenvalue weighted by atomic mass is 9.68. The van der Waals surface area contributed by atoms with Crippen molar-refractivity contribution in [2.45, 2.75) is 58.5 Å². The van der Waals surface area contributed by atoms with Gasteiger partial charge in [-0.1, -0.05) is 31.5 Å². The topological polar surface area (TPSA) is 108 Å². The summed E-state index contributed by atoms with van der Waals surface area (Å²) in [6.07, 6.45) is 2.53. The summed E-state index contributed by atoms with van der Waals surface area (Å²) in [5.41, 5.74) is 1.99. The van der Waals surface area contributed by atoms with Gasteiger partial charge in [0.25, 0.3) is 5.69 Å². The number of hydrogen-bond acceptors (Lipinski definition) is 7. The standard InChI is InChI=1S/C24H27ClN2O6/c1-13-20(23(29)33-12-15-5-4-8-32-15)21(14-6-7-16(25)18(9-14)27(30)31)22-17(26-13)10-24(2,3)11-19(22)28/h6-7,9,15,21,26H,4-5,8,10-12H2,1-3H3/t15-,21-/m0/s1. The highest BCUT2D eigenvalue weighted by molar-refractivity contribution is 6.32. The van der Waals surface area contributed by atoms with E-state index in [1.165, 1.54) is 12.1 Å². The molecule has 0 aromatic heterocycles. The SMILES string of the molecule is CC1=C(C(=O)OC[C@@H]2CCCO2)[C@H](c2ccc(Cl)c([N+](=O)[O-])c2)C2=C(CC(C)(C)CC2=O)N1. The molecule has 1 aliphatic carbocycles. The van der Waals surface area contributed by atoms with Crippen molar-refractivity contribution in [1.29, 1.82) is 0 Å². The van der Waals surface area contributed by atoms with Gasteiger partial charge in [-0.2, -0.15) is 0 Å². The molecule has 2 atom stereocenters. The number of hydrogen-bond donors (Lipinski definition) is 1. The number of benzene rings is 1. The number of halogens is 1. The molecule has 33 heavy (non-hydrogen) atoms. The fourth-order valence-electron chi connectivity index (χ4n) is 4.91. The molecule has 1 fully saturated rings. The minimum Gasteiger partial charge on any atom is -0.459 e. The Morgan fingerprint density at radius 1 is 1.36 bits per heavy atom. The number of nitrogens with one attached hydrogen (secondary N) is 1. The van der Waals surface area contributed by atoms with Crippen LogP contribution < -0.4 is 5.32 Å². The van der Waals surface area contributed by atoms with E-state index in [9.17, 15) is 19.7 Å². The lowest BCUT2D eigenvalue weighted by Crippen LogP contribution is -2.39. The van der Waals surface area contributed by atoms with Crippen LogP contribution in [0.25, 0.3) is 0 Å². The highest BCUT2D eigenvalue weighted by Gasteiger charge is 2.43. The number of dihydropyridines is 1. The fraction of sp³-hybridized carbons (Fsp3) is 0.500. The molecule has 0 saturated carbocycles. The van der Waals surface area contributed by atoms with Crippen molar-refractivity contribution in [3.05, 3.63) is 61.4 Å². The van der Waals surface area contributed by atoms with E-state index in [4.69, 9.17) is 21.1 Å². The number of ether oxygens (including phenoxy) is 2. The van der Waals surface area contributed by atoms with E-state index < -0.39 is 16.8 Å². The molecule has 0 unspecified atom stereocenters. The number of rotatable bonds is 5. The van der Waals surface area contributed by atoms with Crippen molar-refractivity contribution in [3.8, 4) is 0 Å². The number of carbonyl (C=O) groups is 2. The Kier molecular flexibility index (Phi) is 6.33. The van der Waals surface area contributed by atoms with Crippen molar-refractivity contribution in [2.75, 3.05) is 13.2 Å². The van der Waals surface area contributed by atoms with E-state index >= 15 is 0 Å². The van der Waals surface area contributed by atoms with Gasteiger partial charge in [-0.3, -0.25) is 14.9 Å². The molecule has 4 rings (SSSR count). The largest absolute Gasteiger partial charge is 0.459 e. The zero-order chi connectivity index (χ0) is 23.9. The van der Waals surface area contributed by atoms with Crippen LogP contribution in [0.4, 0.5) is 5.69 Å². The summed E-state index contributed by atoms with van der Waals surface area (Å²) in [6.45, 7) is 6.56. The van der Waals surface area contributed by atoms with Gasteiger partial charge in [-0.25, -0.2) is 4.79 Å². The Hall–Kier alpha value is -2.71. The number of nitrogens with zero attached hydrogens (tertiary/aromatic N) is 1. The summed E-state index contributed by atoms with van der Waals surface area (Å²) in [5.74, 6) is -1.44. The Balaban J connectivity index is 1.78. The highest BCUT2D eigenvalue weighted by Crippen LogP contribution is 2.47. The lowest BCUT2D eigenvalue weighted by molar-refractivity contribution is -0.384. The number of allylic oxidation sites excluding steroid dienone is 3. The summed E-state index contributed by atoms with van der Waals surface area (Å²) in [6, 6.07) is 4.40. The number of nitro groups is 1. The first kappa shape index (κ1) is 23.4. The van der Waals surface area contributed by atoms with E-state index in [1.54, 1.807) is 13.0 Å². The van der Waals surface area contributed by atoms with Crippen LogP contribution >= 0.6 is 11.6 Å². The Labute approximate surface area is 197 Å². The third-order valence-electron chi connectivity index (χ3n) is 6.38. The Morgan fingerprint density at radius 3 is 2.79 bits per heavy atom. The molecule has 0 amide bonds. The van der Waals surface area contributed by atoms with Crippen LogP contribution in [0.5, 0.6) is 0 Å². The summed E-state index contributed by atoms with van der Waals surface area (Å²) < 4.78 is 11.1. The van der Waals surface area contributed by atoms with Gasteiger partial charge < -0.3 is 14.8 Å². The Bertz CT molecular complexity index is 1080. The first-order chi connectivity index (χ1) is 15.6. The number of ketones is 1. The molecule has 1 aromatic rings. The molecule has 1 aromatic carbocycles. The molecule has 9 heteroatoms. The van der Waals surface area contributed by atoms with Gasteiger partial charge in [0.05, 0.1) is 16.6 Å². The normalized spacial score (nSPS) is 24.4. The maximum atomic E-state index is 13.3. The summed E-state index contributed by atoms with van der Waals surface area (Å²) in [5, 5.41) is 14.8. The van der Waals surface area contributed by atoms with Crippen molar-refractivity contribution >= 4 is 29.0 Å². The molecule has 0 bridgehead atoms. The van der Waals surface area contributed by atoms with E-state index in [0.29, 0.717) is 36.3 Å². The van der Waals surface area contributed by atoms with Crippen molar-refractivity contribution in [2.24, 2.45) is 5.41 Å². The quantitative estimate of drug-likeness (QED) is 0.378. The molecule has 0 radical (unpaired) electrons. The average molecular weight is 475 g/mol. The van der Waals surface area contributed by atoms with E-state index in [0.717, 1.165) is 18.5 Å². The molecular weight excluding hydrogens is 448 g/mol. The van der Waals surface area contributed by atoms with Crippen LogP contribution in [0, 0.1) is 15.5 Å². The first-order valence-corrected chi connectivity index (χ1v) is 11.4. The van der Waals surface area contributed by atoms with Gasteiger partial charge in [-0.15, -0.1) is 0 Å². The fourth-order valence-corrected chi connectivity index (χ4v) is 5.10. The monoisotopic (exact) mass is 474 g/mol. The van der Waals surface area contributed by atoms with Gasteiger partial charge in [-0.05, 0) is 43.2 Å². The summed E-state index contributed by atoms with van der Waals surface area (Å²) >= 11 is 6.03. The maximum absolute atomic E-state index is 13.3. The summed E-state index contributed by atoms with van der Waals surface area (Å²) in [4.78, 5) is 37.5. The van der Waals surface area contributed by atoms with Crippen LogP contribution in [0.2, 0.25) is 5.02 Å². The number of esters is 1. The second-order valence-electron chi connectivity index (χ2n) is 9.63. The zero-order valence-electron chi connectivity index (χ0n) is 18.9. The molecule has 2 heterocycles. The molecule has 2 aliphatic heterocycles. The Morgan fingerprint density at radius 2 is 2.12 bits per heavy atom. The van der Waals surface area contributed by atoms with Crippen LogP contribution in [0.3, 0.4) is 0 Å². The number of carbonyl (C=O) groups excluding carboxylic acids is 2. The minimum absolute atomic E-state index is 0.00815. The van der Waals surface area contributed by atoms with Crippen molar-refractivity contribution < 1.29 is 24.0 Å². The maximum Gasteiger partial charge on any atom is 0.336 e. The predicted molar refractivity (Wildman–Crippen MR) is 122 cm³/mol. The number of Topliss-reactive ketones (excluding diaryl/α,β-unsaturated/α-hetero) is 1. The number of nitro benzene ring substituents is 1. The molecule has 3 aliphatic rings. The van der Waals surface area contributed by atoms with E-state index in [2.05, 4.69) is 5.32 Å². The second-order valence-corrected chi connectivity index (χ2v) is 10.0. The molecule has 176 valence electrons.